The van der Waals surface area contributed by atoms with E-state index >= 15 is 0 Å². The van der Waals surface area contributed by atoms with E-state index in [-0.39, 0.29) is 30.3 Å². The van der Waals surface area contributed by atoms with Crippen LogP contribution in [0.2, 0.25) is 0 Å². The first-order valence-electron chi connectivity index (χ1n) is 19.7. The van der Waals surface area contributed by atoms with Crippen molar-refractivity contribution in [3.63, 3.8) is 0 Å². The molecular formula is C39H80BNO7. The lowest BCUT2D eigenvalue weighted by molar-refractivity contribution is -0.130. The highest BCUT2D eigenvalue weighted by Gasteiger charge is 2.43. The van der Waals surface area contributed by atoms with E-state index in [1.54, 1.807) is 14.0 Å². The Morgan fingerprint density at radius 2 is 1.27 bits per heavy atom. The minimum absolute atomic E-state index is 0.0605. The lowest BCUT2D eigenvalue weighted by atomic mass is 9.92. The van der Waals surface area contributed by atoms with Gasteiger partial charge in [0, 0.05) is 39.8 Å². The first-order valence-corrected chi connectivity index (χ1v) is 19.7. The van der Waals surface area contributed by atoms with Crippen LogP contribution in [-0.2, 0) is 33.3 Å². The summed E-state index contributed by atoms with van der Waals surface area (Å²) in [6.45, 7) is 17.7. The zero-order chi connectivity index (χ0) is 36.8. The Kier molecular flexibility index (Phi) is 43.3. The van der Waals surface area contributed by atoms with E-state index in [1.807, 2.05) is 41.5 Å². The molecule has 0 aromatic rings. The normalized spacial score (nSPS) is 18.9. The number of unbranched alkanes of at least 4 members (excludes halogenated alkanes) is 16. The molecule has 0 saturated carbocycles. The molecule has 1 rings (SSSR count). The van der Waals surface area contributed by atoms with Crippen LogP contribution in [-0.4, -0.2) is 90.5 Å². The fraction of sp³-hybridized carbons (Fsp3) is 0.949. The average Bonchev–Trinajstić information content (AvgIpc) is 3.38. The molecule has 9 heteroatoms. The quantitative estimate of drug-likeness (QED) is 0.0499. The van der Waals surface area contributed by atoms with E-state index < -0.39 is 12.1 Å². The van der Waals surface area contributed by atoms with Gasteiger partial charge in [-0.2, -0.15) is 0 Å². The predicted molar refractivity (Wildman–Crippen MR) is 203 cm³/mol. The van der Waals surface area contributed by atoms with Crippen LogP contribution >= 0.6 is 0 Å². The number of ether oxygens (including phenoxy) is 5. The summed E-state index contributed by atoms with van der Waals surface area (Å²) in [5.74, 6) is -0.0714. The van der Waals surface area contributed by atoms with Crippen LogP contribution in [0.3, 0.4) is 0 Å². The van der Waals surface area contributed by atoms with Crippen molar-refractivity contribution >= 4 is 20.0 Å². The molecule has 0 aromatic carbocycles. The highest BCUT2D eigenvalue weighted by molar-refractivity contribution is 6.11. The summed E-state index contributed by atoms with van der Waals surface area (Å²) in [5.41, 5.74) is 0. The lowest BCUT2D eigenvalue weighted by Gasteiger charge is -2.26. The van der Waals surface area contributed by atoms with Crippen molar-refractivity contribution < 1.29 is 33.3 Å². The molecule has 0 spiro atoms. The fourth-order valence-corrected chi connectivity index (χ4v) is 5.23. The highest BCUT2D eigenvalue weighted by Crippen LogP contribution is 2.27. The van der Waals surface area contributed by atoms with E-state index in [2.05, 4.69) is 12.2 Å². The molecule has 1 saturated heterocycles. The van der Waals surface area contributed by atoms with Crippen LogP contribution in [0.25, 0.3) is 0 Å². The summed E-state index contributed by atoms with van der Waals surface area (Å²) in [6, 6.07) is -0.508. The number of hydrogen-bond acceptors (Lipinski definition) is 7. The first-order chi connectivity index (χ1) is 23.3. The summed E-state index contributed by atoms with van der Waals surface area (Å²) >= 11 is 0. The summed E-state index contributed by atoms with van der Waals surface area (Å²) in [6.07, 6.45) is 22.5. The molecule has 286 valence electrons. The second-order valence-electron chi connectivity index (χ2n) is 12.4. The van der Waals surface area contributed by atoms with Crippen molar-refractivity contribution in [3.05, 3.63) is 0 Å². The van der Waals surface area contributed by atoms with Gasteiger partial charge in [0.2, 0.25) is 5.91 Å². The number of amides is 1. The van der Waals surface area contributed by atoms with Crippen LogP contribution in [0.15, 0.2) is 0 Å². The molecule has 1 aliphatic rings. The van der Waals surface area contributed by atoms with E-state index in [0.717, 1.165) is 44.8 Å². The molecule has 2 radical (unpaired) electrons. The standard InChI is InChI=1S/C19H36BNO6.C16H32O.2C2H6/c1-13(2)26-16-15(12-23-4)27-18(20)17(16)25-11-9-7-6-8-10-21-19(22)14(3)24-5;1-2-3-4-5-6-7-8-9-10-11-12-13-14-15-16-17;2*1-2/h13-18H,6-12H2,1-5H3,(H,21,22);16H,2-15H2,1H3;2*1-2H3. The third-order valence-corrected chi connectivity index (χ3v) is 7.94. The number of rotatable bonds is 28. The third kappa shape index (κ3) is 31.0. The molecule has 1 aliphatic heterocycles. The molecule has 8 nitrogen and oxygen atoms in total. The van der Waals surface area contributed by atoms with Crippen molar-refractivity contribution in [3.8, 4) is 0 Å². The molecule has 0 aromatic heterocycles. The Hall–Kier alpha value is -0.995. The molecule has 1 amide bonds. The van der Waals surface area contributed by atoms with Crippen molar-refractivity contribution in [1.29, 1.82) is 0 Å². The van der Waals surface area contributed by atoms with Crippen LogP contribution in [0, 0.1) is 0 Å². The topological polar surface area (TPSA) is 92.3 Å². The molecule has 0 bridgehead atoms. The number of nitrogens with one attached hydrogen (secondary N) is 1. The number of methoxy groups -OCH3 is 2. The van der Waals surface area contributed by atoms with Gasteiger partial charge in [-0.3, -0.25) is 4.79 Å². The third-order valence-electron chi connectivity index (χ3n) is 7.94. The summed E-state index contributed by atoms with van der Waals surface area (Å²) in [4.78, 5) is 21.7. The molecule has 48 heavy (non-hydrogen) atoms. The van der Waals surface area contributed by atoms with Gasteiger partial charge < -0.3 is 33.8 Å². The van der Waals surface area contributed by atoms with Crippen molar-refractivity contribution in [2.75, 3.05) is 34.0 Å². The Morgan fingerprint density at radius 3 is 1.75 bits per heavy atom. The summed E-state index contributed by atoms with van der Waals surface area (Å²) in [7, 11) is 9.24. The smallest absolute Gasteiger partial charge is 0.248 e. The molecule has 5 unspecified atom stereocenters. The Labute approximate surface area is 299 Å². The van der Waals surface area contributed by atoms with Gasteiger partial charge in [0.1, 0.15) is 38.5 Å². The van der Waals surface area contributed by atoms with Gasteiger partial charge in [0.25, 0.3) is 0 Å². The maximum Gasteiger partial charge on any atom is 0.248 e. The van der Waals surface area contributed by atoms with E-state index in [0.29, 0.717) is 19.8 Å². The fourth-order valence-electron chi connectivity index (χ4n) is 5.23. The zero-order valence-corrected chi connectivity index (χ0v) is 33.3. The minimum Gasteiger partial charge on any atom is -0.382 e. The van der Waals surface area contributed by atoms with Crippen LogP contribution in [0.5, 0.6) is 0 Å². The summed E-state index contributed by atoms with van der Waals surface area (Å²) < 4.78 is 27.8. The number of carbonyl (C=O) groups excluding carboxylic acids is 2. The number of aldehydes is 1. The number of hydrogen-bond donors (Lipinski definition) is 1. The second kappa shape index (κ2) is 40.4. The molecular weight excluding hydrogens is 605 g/mol. The van der Waals surface area contributed by atoms with Gasteiger partial charge in [-0.05, 0) is 40.0 Å². The molecule has 1 N–H and O–H groups in total. The second-order valence-corrected chi connectivity index (χ2v) is 12.4. The highest BCUT2D eigenvalue weighted by atomic mass is 16.6. The molecule has 1 fully saturated rings. The predicted octanol–water partition coefficient (Wildman–Crippen LogP) is 9.14. The van der Waals surface area contributed by atoms with E-state index in [4.69, 9.17) is 31.5 Å². The van der Waals surface area contributed by atoms with Crippen molar-refractivity contribution in [2.24, 2.45) is 0 Å². The molecule has 5 atom stereocenters. The number of carbonyl (C=O) groups is 2. The van der Waals surface area contributed by atoms with Gasteiger partial charge in [-0.1, -0.05) is 125 Å². The van der Waals surface area contributed by atoms with Gasteiger partial charge >= 0.3 is 0 Å². The van der Waals surface area contributed by atoms with Gasteiger partial charge in [0.05, 0.1) is 12.7 Å². The van der Waals surface area contributed by atoms with Gasteiger partial charge in [-0.15, -0.1) is 0 Å². The van der Waals surface area contributed by atoms with E-state index in [9.17, 15) is 9.59 Å². The largest absolute Gasteiger partial charge is 0.382 e. The Balaban J connectivity index is -0.000000830. The maximum atomic E-state index is 11.6. The van der Waals surface area contributed by atoms with Crippen LogP contribution < -0.4 is 5.32 Å². The SMILES string of the molecule is CC.CC.CCCCCCCCCCCCCCCC=O.[B]C1OC(COC)C(OC(C)C)C1OCCCCCCNC(=O)C(C)OC. The van der Waals surface area contributed by atoms with E-state index in [1.165, 1.54) is 84.2 Å². The molecule has 0 aliphatic carbocycles. The maximum absolute atomic E-state index is 11.6. The lowest BCUT2D eigenvalue weighted by Crippen LogP contribution is -2.40. The van der Waals surface area contributed by atoms with Crippen LogP contribution in [0.1, 0.15) is 171 Å². The Bertz CT molecular complexity index is 656. The van der Waals surface area contributed by atoms with Crippen molar-refractivity contribution in [2.45, 2.75) is 207 Å². The monoisotopic (exact) mass is 686 g/mol. The van der Waals surface area contributed by atoms with Crippen LogP contribution in [0.4, 0.5) is 0 Å². The van der Waals surface area contributed by atoms with Gasteiger partial charge in [0.15, 0.2) is 0 Å². The summed E-state index contributed by atoms with van der Waals surface area (Å²) in [5, 5.41) is 2.86. The Morgan fingerprint density at radius 1 is 0.771 bits per heavy atom. The average molecular weight is 686 g/mol. The van der Waals surface area contributed by atoms with Crippen molar-refractivity contribution in [1.82, 2.24) is 5.32 Å². The van der Waals surface area contributed by atoms with Gasteiger partial charge in [-0.25, -0.2) is 0 Å². The minimum atomic E-state index is -0.508. The molecule has 1 heterocycles. The first kappa shape index (κ1) is 51.4. The zero-order valence-electron chi connectivity index (χ0n) is 33.3.